The van der Waals surface area contributed by atoms with Crippen LogP contribution in [0.15, 0.2) is 66.0 Å². The van der Waals surface area contributed by atoms with Gasteiger partial charge < -0.3 is 9.88 Å². The molecule has 1 amide bonds. The summed E-state index contributed by atoms with van der Waals surface area (Å²) < 4.78 is 2.13. The second-order valence-electron chi connectivity index (χ2n) is 6.21. The normalized spacial score (nSPS) is 11.0. The second kappa shape index (κ2) is 7.14. The molecule has 4 aromatic rings. The minimum Gasteiger partial charge on any atom is -0.331 e. The standard InChI is InChI=1S/C21H19N3OS/c1-24-18-11-10-16(22-21(25)19-8-5-13-26-19)14-17(18)23-20(24)12-9-15-6-3-2-4-7-15/h2-8,10-11,13-14H,9,12H2,1H3,(H,22,25). The number of benzene rings is 2. The zero-order valence-electron chi connectivity index (χ0n) is 14.5. The molecule has 1 N–H and O–H groups in total. The molecule has 26 heavy (non-hydrogen) atoms. The number of hydrogen-bond acceptors (Lipinski definition) is 3. The van der Waals surface area contributed by atoms with Gasteiger partial charge in [-0.05, 0) is 41.6 Å². The Kier molecular flexibility index (Phi) is 4.54. The number of amides is 1. The van der Waals surface area contributed by atoms with E-state index in [0.717, 1.165) is 35.4 Å². The number of anilines is 1. The van der Waals surface area contributed by atoms with Gasteiger partial charge in [0.2, 0.25) is 0 Å². The van der Waals surface area contributed by atoms with E-state index >= 15 is 0 Å². The van der Waals surface area contributed by atoms with Crippen LogP contribution in [-0.4, -0.2) is 15.5 Å². The van der Waals surface area contributed by atoms with E-state index < -0.39 is 0 Å². The number of thiophene rings is 1. The van der Waals surface area contributed by atoms with Crippen LogP contribution >= 0.6 is 11.3 Å². The Bertz CT molecular complexity index is 1040. The van der Waals surface area contributed by atoms with Gasteiger partial charge in [0.25, 0.3) is 5.91 Å². The maximum Gasteiger partial charge on any atom is 0.265 e. The predicted octanol–water partition coefficient (Wildman–Crippen LogP) is 4.67. The molecule has 0 radical (unpaired) electrons. The molecular weight excluding hydrogens is 342 g/mol. The van der Waals surface area contributed by atoms with Crippen molar-refractivity contribution in [3.63, 3.8) is 0 Å². The minimum absolute atomic E-state index is 0.0837. The number of imidazole rings is 1. The fraction of sp³-hybridized carbons (Fsp3) is 0.143. The third-order valence-electron chi connectivity index (χ3n) is 4.46. The summed E-state index contributed by atoms with van der Waals surface area (Å²) >= 11 is 1.43. The largest absolute Gasteiger partial charge is 0.331 e. The molecule has 0 fully saturated rings. The van der Waals surface area contributed by atoms with E-state index in [1.54, 1.807) is 0 Å². The predicted molar refractivity (Wildman–Crippen MR) is 107 cm³/mol. The van der Waals surface area contributed by atoms with Gasteiger partial charge in [-0.25, -0.2) is 4.98 Å². The van der Waals surface area contributed by atoms with E-state index in [4.69, 9.17) is 4.98 Å². The molecule has 0 saturated carbocycles. The number of nitrogens with zero attached hydrogens (tertiary/aromatic N) is 2. The summed E-state index contributed by atoms with van der Waals surface area (Å²) in [5.74, 6) is 0.963. The molecule has 2 aromatic heterocycles. The Hall–Kier alpha value is -2.92. The molecule has 4 nitrogen and oxygen atoms in total. The Labute approximate surface area is 156 Å². The van der Waals surface area contributed by atoms with Gasteiger partial charge in [-0.3, -0.25) is 4.79 Å². The van der Waals surface area contributed by atoms with Crippen LogP contribution in [0.2, 0.25) is 0 Å². The highest BCUT2D eigenvalue weighted by atomic mass is 32.1. The number of aryl methyl sites for hydroxylation is 3. The molecule has 0 atom stereocenters. The SMILES string of the molecule is Cn1c(CCc2ccccc2)nc2cc(NC(=O)c3cccs3)ccc21. The monoisotopic (exact) mass is 361 g/mol. The minimum atomic E-state index is -0.0837. The van der Waals surface area contributed by atoms with Crippen molar-refractivity contribution in [2.75, 3.05) is 5.32 Å². The fourth-order valence-corrected chi connectivity index (χ4v) is 3.67. The first-order valence-electron chi connectivity index (χ1n) is 8.55. The van der Waals surface area contributed by atoms with E-state index in [1.807, 2.05) is 48.8 Å². The molecule has 4 rings (SSSR count). The van der Waals surface area contributed by atoms with Crippen molar-refractivity contribution >= 4 is 34.0 Å². The van der Waals surface area contributed by atoms with Crippen LogP contribution in [0.1, 0.15) is 21.1 Å². The van der Waals surface area contributed by atoms with Crippen molar-refractivity contribution in [3.05, 3.63) is 82.3 Å². The number of hydrogen-bond donors (Lipinski definition) is 1. The summed E-state index contributed by atoms with van der Waals surface area (Å²) in [6.45, 7) is 0. The molecule has 0 aliphatic heterocycles. The van der Waals surface area contributed by atoms with Gasteiger partial charge >= 0.3 is 0 Å². The molecule has 5 heteroatoms. The lowest BCUT2D eigenvalue weighted by Crippen LogP contribution is -2.09. The summed E-state index contributed by atoms with van der Waals surface area (Å²) in [6, 6.07) is 20.0. The number of carbonyl (C=O) groups is 1. The lowest BCUT2D eigenvalue weighted by atomic mass is 10.1. The highest BCUT2D eigenvalue weighted by Crippen LogP contribution is 2.21. The van der Waals surface area contributed by atoms with E-state index in [9.17, 15) is 4.79 Å². The molecule has 0 aliphatic rings. The van der Waals surface area contributed by atoms with Crippen molar-refractivity contribution < 1.29 is 4.79 Å². The van der Waals surface area contributed by atoms with Gasteiger partial charge in [0.15, 0.2) is 0 Å². The average molecular weight is 361 g/mol. The van der Waals surface area contributed by atoms with E-state index in [1.165, 1.54) is 16.9 Å². The van der Waals surface area contributed by atoms with Crippen LogP contribution in [0.4, 0.5) is 5.69 Å². The topological polar surface area (TPSA) is 46.9 Å². The zero-order valence-corrected chi connectivity index (χ0v) is 15.3. The third kappa shape index (κ3) is 3.39. The first-order chi connectivity index (χ1) is 12.7. The van der Waals surface area contributed by atoms with Gasteiger partial charge in [-0.2, -0.15) is 0 Å². The van der Waals surface area contributed by atoms with E-state index in [-0.39, 0.29) is 5.91 Å². The quantitative estimate of drug-likeness (QED) is 0.561. The Morgan fingerprint density at radius 1 is 1.08 bits per heavy atom. The van der Waals surface area contributed by atoms with Crippen LogP contribution in [0, 0.1) is 0 Å². The highest BCUT2D eigenvalue weighted by Gasteiger charge is 2.11. The maximum absolute atomic E-state index is 12.2. The lowest BCUT2D eigenvalue weighted by Gasteiger charge is -2.04. The first-order valence-corrected chi connectivity index (χ1v) is 9.43. The van der Waals surface area contributed by atoms with Crippen LogP contribution in [0.5, 0.6) is 0 Å². The lowest BCUT2D eigenvalue weighted by molar-refractivity contribution is 0.103. The summed E-state index contributed by atoms with van der Waals surface area (Å²) in [6.07, 6.45) is 1.84. The van der Waals surface area contributed by atoms with Gasteiger partial charge in [0, 0.05) is 19.2 Å². The number of carbonyl (C=O) groups excluding carboxylic acids is 1. The number of fused-ring (bicyclic) bond motifs is 1. The van der Waals surface area contributed by atoms with Gasteiger partial charge in [0.05, 0.1) is 15.9 Å². The Morgan fingerprint density at radius 2 is 1.92 bits per heavy atom. The summed E-state index contributed by atoms with van der Waals surface area (Å²) in [5.41, 5.74) is 4.05. The molecule has 0 saturated heterocycles. The summed E-state index contributed by atoms with van der Waals surface area (Å²) in [7, 11) is 2.04. The van der Waals surface area contributed by atoms with Crippen molar-refractivity contribution in [2.24, 2.45) is 7.05 Å². The first kappa shape index (κ1) is 16.5. The summed E-state index contributed by atoms with van der Waals surface area (Å²) in [5, 5.41) is 4.84. The Balaban J connectivity index is 1.54. The van der Waals surface area contributed by atoms with Crippen molar-refractivity contribution in [1.29, 1.82) is 0 Å². The number of rotatable bonds is 5. The van der Waals surface area contributed by atoms with Crippen molar-refractivity contribution in [1.82, 2.24) is 9.55 Å². The van der Waals surface area contributed by atoms with Crippen LogP contribution in [0.25, 0.3) is 11.0 Å². The van der Waals surface area contributed by atoms with Crippen LogP contribution in [0.3, 0.4) is 0 Å². The average Bonchev–Trinajstić information content (AvgIpc) is 3.30. The van der Waals surface area contributed by atoms with E-state index in [0.29, 0.717) is 4.88 Å². The van der Waals surface area contributed by atoms with Gasteiger partial charge in [-0.15, -0.1) is 11.3 Å². The zero-order chi connectivity index (χ0) is 17.9. The number of aromatic nitrogens is 2. The van der Waals surface area contributed by atoms with Gasteiger partial charge in [0.1, 0.15) is 5.82 Å². The smallest absolute Gasteiger partial charge is 0.265 e. The van der Waals surface area contributed by atoms with E-state index in [2.05, 4.69) is 34.1 Å². The van der Waals surface area contributed by atoms with Gasteiger partial charge in [-0.1, -0.05) is 36.4 Å². The highest BCUT2D eigenvalue weighted by molar-refractivity contribution is 7.12. The molecule has 2 heterocycles. The van der Waals surface area contributed by atoms with Crippen molar-refractivity contribution in [2.45, 2.75) is 12.8 Å². The van der Waals surface area contributed by atoms with Crippen LogP contribution in [-0.2, 0) is 19.9 Å². The molecule has 0 bridgehead atoms. The Morgan fingerprint density at radius 3 is 2.69 bits per heavy atom. The molecule has 0 aliphatic carbocycles. The molecule has 2 aromatic carbocycles. The molecule has 0 spiro atoms. The second-order valence-corrected chi connectivity index (χ2v) is 7.16. The summed E-state index contributed by atoms with van der Waals surface area (Å²) in [4.78, 5) is 17.7. The van der Waals surface area contributed by atoms with Crippen molar-refractivity contribution in [3.8, 4) is 0 Å². The molecular formula is C21H19N3OS. The van der Waals surface area contributed by atoms with Crippen LogP contribution < -0.4 is 5.32 Å². The fourth-order valence-electron chi connectivity index (χ4n) is 3.05. The molecule has 0 unspecified atom stereocenters. The number of nitrogens with one attached hydrogen (secondary N) is 1. The maximum atomic E-state index is 12.2. The molecule has 130 valence electrons. The third-order valence-corrected chi connectivity index (χ3v) is 5.33.